The van der Waals surface area contributed by atoms with Crippen molar-refractivity contribution in [1.82, 2.24) is 4.98 Å². The number of cyclic esters (lactones) is 1. The first-order chi connectivity index (χ1) is 18.0. The predicted molar refractivity (Wildman–Crippen MR) is 151 cm³/mol. The molecule has 9 heteroatoms. The zero-order valence-corrected chi connectivity index (χ0v) is 25.5. The maximum absolute atomic E-state index is 13.4. The molecule has 3 rings (SSSR count). The molecule has 1 saturated heterocycles. The molecule has 2 aliphatic rings. The third-order valence-electron chi connectivity index (χ3n) is 8.02. The van der Waals surface area contributed by atoms with Crippen molar-refractivity contribution < 1.29 is 34.0 Å². The van der Waals surface area contributed by atoms with E-state index in [0.717, 1.165) is 21.8 Å². The number of hydrogen-bond donors (Lipinski definition) is 2. The van der Waals surface area contributed by atoms with Crippen LogP contribution in [0, 0.1) is 24.2 Å². The molecule has 0 spiro atoms. The maximum Gasteiger partial charge on any atom is 0.309 e. The Bertz CT molecular complexity index is 1100. The van der Waals surface area contributed by atoms with Gasteiger partial charge in [0.25, 0.3) is 0 Å². The van der Waals surface area contributed by atoms with Crippen LogP contribution in [-0.2, 0) is 23.8 Å². The number of carbonyl (C=O) groups is 2. The van der Waals surface area contributed by atoms with Gasteiger partial charge in [0.15, 0.2) is 5.79 Å². The number of rotatable bonds is 2. The van der Waals surface area contributed by atoms with Crippen molar-refractivity contribution in [2.75, 3.05) is 0 Å². The van der Waals surface area contributed by atoms with Gasteiger partial charge < -0.3 is 24.4 Å². The first-order valence-electron chi connectivity index (χ1n) is 13.7. The minimum Gasteiger partial charge on any atom is -0.457 e. The number of aryl methyl sites for hydroxylation is 1. The van der Waals surface area contributed by atoms with Crippen LogP contribution in [0.25, 0.3) is 6.08 Å². The molecule has 2 N–H and O–H groups in total. The molecule has 0 radical (unpaired) electrons. The summed E-state index contributed by atoms with van der Waals surface area (Å²) in [7, 11) is 0. The average Bonchev–Trinajstić information content (AvgIpc) is 3.39. The molecule has 8 nitrogen and oxygen atoms in total. The van der Waals surface area contributed by atoms with Crippen LogP contribution in [0.1, 0.15) is 85.4 Å². The Hall–Kier alpha value is -1.91. The van der Waals surface area contributed by atoms with E-state index < -0.39 is 41.4 Å². The van der Waals surface area contributed by atoms with Gasteiger partial charge in [-0.25, -0.2) is 4.98 Å². The number of Topliss-reactive ketones (excluding diaryl/α,β-unsaturated/α-hetero) is 1. The molecule has 0 bridgehead atoms. The summed E-state index contributed by atoms with van der Waals surface area (Å²) in [5.41, 5.74) is 1.28. The molecule has 2 aliphatic heterocycles. The van der Waals surface area contributed by atoms with Crippen LogP contribution in [-0.4, -0.2) is 63.3 Å². The highest BCUT2D eigenvalue weighted by Gasteiger charge is 2.46. The van der Waals surface area contributed by atoms with E-state index in [4.69, 9.17) is 14.2 Å². The van der Waals surface area contributed by atoms with Gasteiger partial charge in [-0.3, -0.25) is 9.59 Å². The molecule has 2 unspecified atom stereocenters. The average molecular weight is 564 g/mol. The standard InChI is InChI=1S/C30H45NO7S/c1-16-10-11-22(17(2)12-21-15-39-20(5)31-21)36-25(33)14-24(32)29(6,7)28(35)19(4)26(34)18(3)13-23-27(16)38-30(8,9)37-23/h10,12,15,18-19,22-24,26-27,32,34H,11,13-14H2,1-9H3/b16-10-,17-12+/t18-,19+,22-,23?,24-,26-,27?/m0/s1. The van der Waals surface area contributed by atoms with Gasteiger partial charge in [-0.1, -0.05) is 33.8 Å². The number of fused-ring (bicyclic) bond motifs is 1. The quantitative estimate of drug-likeness (QED) is 0.381. The Kier molecular flexibility index (Phi) is 9.98. The monoisotopic (exact) mass is 563 g/mol. The van der Waals surface area contributed by atoms with Crippen molar-refractivity contribution >= 4 is 29.2 Å². The van der Waals surface area contributed by atoms with Crippen molar-refractivity contribution in [3.05, 3.63) is 33.3 Å². The normalized spacial score (nSPS) is 36.1. The van der Waals surface area contributed by atoms with Crippen LogP contribution in [0.3, 0.4) is 0 Å². The molecule has 1 fully saturated rings. The van der Waals surface area contributed by atoms with Crippen molar-refractivity contribution in [3.63, 3.8) is 0 Å². The highest BCUT2D eigenvalue weighted by Crippen LogP contribution is 2.38. The van der Waals surface area contributed by atoms with Crippen LogP contribution in [0.15, 0.2) is 22.6 Å². The summed E-state index contributed by atoms with van der Waals surface area (Å²) < 4.78 is 18.4. The van der Waals surface area contributed by atoms with Gasteiger partial charge in [-0.05, 0) is 64.2 Å². The van der Waals surface area contributed by atoms with Crippen LogP contribution in [0.4, 0.5) is 0 Å². The van der Waals surface area contributed by atoms with Crippen LogP contribution >= 0.6 is 11.3 Å². The van der Waals surface area contributed by atoms with E-state index >= 15 is 0 Å². The van der Waals surface area contributed by atoms with Gasteiger partial charge in [-0.2, -0.15) is 0 Å². The number of nitrogens with zero attached hydrogens (tertiary/aromatic N) is 1. The van der Waals surface area contributed by atoms with Gasteiger partial charge in [0.05, 0.1) is 40.8 Å². The molecule has 7 atom stereocenters. The second-order valence-corrected chi connectivity index (χ2v) is 13.3. The van der Waals surface area contributed by atoms with E-state index in [1.165, 1.54) is 0 Å². The van der Waals surface area contributed by atoms with Crippen LogP contribution in [0.5, 0.6) is 0 Å². The summed E-state index contributed by atoms with van der Waals surface area (Å²) >= 11 is 1.54. The third kappa shape index (κ3) is 7.64. The summed E-state index contributed by atoms with van der Waals surface area (Å²) in [6, 6.07) is 0. The molecule has 1 aromatic heterocycles. The number of thiazole rings is 1. The van der Waals surface area contributed by atoms with E-state index in [0.29, 0.717) is 12.8 Å². The zero-order valence-electron chi connectivity index (χ0n) is 24.7. The summed E-state index contributed by atoms with van der Waals surface area (Å²) in [6.45, 7) is 16.3. The number of esters is 1. The second kappa shape index (κ2) is 12.3. The van der Waals surface area contributed by atoms with Crippen LogP contribution in [0.2, 0.25) is 0 Å². The number of carbonyl (C=O) groups excluding carboxylic acids is 2. The van der Waals surface area contributed by atoms with Gasteiger partial charge in [-0.15, -0.1) is 11.3 Å². The fourth-order valence-electron chi connectivity index (χ4n) is 5.43. The van der Waals surface area contributed by atoms with E-state index in [1.54, 1.807) is 32.1 Å². The summed E-state index contributed by atoms with van der Waals surface area (Å²) in [4.78, 5) is 31.0. The molecule has 0 saturated carbocycles. The number of ether oxygens (including phenoxy) is 3. The van der Waals surface area contributed by atoms with Gasteiger partial charge in [0.2, 0.25) is 0 Å². The fraction of sp³-hybridized carbons (Fsp3) is 0.700. The lowest BCUT2D eigenvalue weighted by Crippen LogP contribution is -2.46. The van der Waals surface area contributed by atoms with Crippen molar-refractivity contribution in [2.24, 2.45) is 17.3 Å². The molecule has 218 valence electrons. The van der Waals surface area contributed by atoms with Gasteiger partial charge >= 0.3 is 5.97 Å². The van der Waals surface area contributed by atoms with Crippen molar-refractivity contribution in [3.8, 4) is 0 Å². The lowest BCUT2D eigenvalue weighted by molar-refractivity contribution is -0.154. The first-order valence-corrected chi connectivity index (χ1v) is 14.6. The fourth-order valence-corrected chi connectivity index (χ4v) is 6.00. The number of aliphatic hydroxyl groups is 2. The number of aromatic nitrogens is 1. The first kappa shape index (κ1) is 31.6. The largest absolute Gasteiger partial charge is 0.457 e. The Morgan fingerprint density at radius 2 is 1.79 bits per heavy atom. The highest BCUT2D eigenvalue weighted by atomic mass is 32.1. The molecule has 39 heavy (non-hydrogen) atoms. The van der Waals surface area contributed by atoms with E-state index in [9.17, 15) is 19.8 Å². The van der Waals surface area contributed by atoms with E-state index in [2.05, 4.69) is 4.98 Å². The third-order valence-corrected chi connectivity index (χ3v) is 8.81. The Balaban J connectivity index is 2.00. The Labute approximate surface area is 236 Å². The van der Waals surface area contributed by atoms with Crippen molar-refractivity contribution in [1.29, 1.82) is 0 Å². The lowest BCUT2D eigenvalue weighted by atomic mass is 9.72. The van der Waals surface area contributed by atoms with Crippen LogP contribution < -0.4 is 0 Å². The van der Waals surface area contributed by atoms with Crippen molar-refractivity contribution in [2.45, 2.75) is 118 Å². The number of ketones is 1. The van der Waals surface area contributed by atoms with Gasteiger partial charge in [0, 0.05) is 17.7 Å². The summed E-state index contributed by atoms with van der Waals surface area (Å²) in [6.07, 6.45) is 0.951. The topological polar surface area (TPSA) is 115 Å². The van der Waals surface area contributed by atoms with E-state index in [1.807, 2.05) is 59.1 Å². The molecular weight excluding hydrogens is 518 g/mol. The lowest BCUT2D eigenvalue weighted by Gasteiger charge is -2.35. The molecular formula is C30H45NO7S. The highest BCUT2D eigenvalue weighted by molar-refractivity contribution is 7.09. The smallest absolute Gasteiger partial charge is 0.309 e. The zero-order chi connectivity index (χ0) is 29.3. The van der Waals surface area contributed by atoms with Gasteiger partial charge in [0.1, 0.15) is 18.0 Å². The molecule has 0 aliphatic carbocycles. The molecule has 1 aromatic rings. The number of aliphatic hydroxyl groups excluding tert-OH is 2. The Morgan fingerprint density at radius 3 is 2.41 bits per heavy atom. The maximum atomic E-state index is 13.4. The molecule has 0 amide bonds. The minimum absolute atomic E-state index is 0.271. The molecule has 3 heterocycles. The Morgan fingerprint density at radius 1 is 1.13 bits per heavy atom. The summed E-state index contributed by atoms with van der Waals surface area (Å²) in [5, 5.41) is 25.0. The van der Waals surface area contributed by atoms with E-state index in [-0.39, 0.29) is 30.3 Å². The SMILES string of the molecule is C/C1=C/C[C@@H](/C(C)=C/c2csc(C)n2)OC(=O)C[C@H](O)C(C)(C)C(=O)[C@H](C)[C@@H](O)[C@@H](C)CC2OC(C)(C)OC12. The minimum atomic E-state index is -1.27. The molecule has 0 aromatic carbocycles. The summed E-state index contributed by atoms with van der Waals surface area (Å²) in [5.74, 6) is -2.74. The predicted octanol–water partition coefficient (Wildman–Crippen LogP) is 5.01. The number of hydrogen-bond acceptors (Lipinski definition) is 9. The second-order valence-electron chi connectivity index (χ2n) is 12.2.